The van der Waals surface area contributed by atoms with Crippen molar-refractivity contribution < 1.29 is 22.7 Å². The van der Waals surface area contributed by atoms with Gasteiger partial charge in [0.05, 0.1) is 12.0 Å². The van der Waals surface area contributed by atoms with E-state index >= 15 is 0 Å². The molecule has 0 N–H and O–H groups in total. The van der Waals surface area contributed by atoms with Crippen molar-refractivity contribution in [3.05, 3.63) is 35.9 Å². The van der Waals surface area contributed by atoms with Gasteiger partial charge in [0.25, 0.3) is 0 Å². The maximum atomic E-state index is 12.4. The zero-order valence-electron chi connectivity index (χ0n) is 11.5. The molecule has 0 radical (unpaired) electrons. The fourth-order valence-corrected chi connectivity index (χ4v) is 3.86. The number of methoxy groups -OCH3 is 1. The number of nitrogens with zero attached hydrogens (tertiary/aromatic N) is 1. The van der Waals surface area contributed by atoms with E-state index in [0.717, 1.165) is 5.56 Å². The number of ether oxygens (including phenoxy) is 2. The number of hydrogen-bond acceptors (Lipinski definition) is 5. The molecule has 0 aliphatic carbocycles. The molecular formula is C14H13NO5S. The molecule has 21 heavy (non-hydrogen) atoms. The number of benzene rings is 2. The minimum absolute atomic E-state index is 0.221. The summed E-state index contributed by atoms with van der Waals surface area (Å²) in [4.78, 5) is 11.5. The molecule has 3 rings (SSSR count). The first-order chi connectivity index (χ1) is 9.95. The molecule has 0 amide bonds. The highest BCUT2D eigenvalue weighted by atomic mass is 32.2. The van der Waals surface area contributed by atoms with Crippen LogP contribution in [-0.2, 0) is 21.3 Å². The molecule has 2 aromatic rings. The fraction of sp³-hybridized carbons (Fsp3) is 0.214. The molecule has 110 valence electrons. The molecule has 0 unspecified atom stereocenters. The monoisotopic (exact) mass is 307 g/mol. The van der Waals surface area contributed by atoms with Gasteiger partial charge < -0.3 is 9.47 Å². The third-order valence-corrected chi connectivity index (χ3v) is 5.34. The van der Waals surface area contributed by atoms with E-state index in [-0.39, 0.29) is 17.2 Å². The fourth-order valence-electron chi connectivity index (χ4n) is 2.48. The minimum Gasteiger partial charge on any atom is -0.437 e. The molecule has 7 heteroatoms. The van der Waals surface area contributed by atoms with Crippen LogP contribution < -0.4 is 4.74 Å². The number of hydrogen-bond donors (Lipinski definition) is 0. The maximum Gasteiger partial charge on any atom is 0.513 e. The highest BCUT2D eigenvalue weighted by molar-refractivity contribution is 7.89. The summed E-state index contributed by atoms with van der Waals surface area (Å²) in [6, 6.07) is 8.31. The van der Waals surface area contributed by atoms with Gasteiger partial charge in [0.15, 0.2) is 0 Å². The highest BCUT2D eigenvalue weighted by Crippen LogP contribution is 2.38. The molecule has 1 aliphatic heterocycles. The lowest BCUT2D eigenvalue weighted by Crippen LogP contribution is -2.30. The topological polar surface area (TPSA) is 72.9 Å². The second-order valence-electron chi connectivity index (χ2n) is 4.72. The van der Waals surface area contributed by atoms with Gasteiger partial charge in [0, 0.05) is 24.4 Å². The summed E-state index contributed by atoms with van der Waals surface area (Å²) < 4.78 is 35.6. The molecule has 0 saturated carbocycles. The molecule has 0 saturated heterocycles. The summed E-state index contributed by atoms with van der Waals surface area (Å²) in [5.41, 5.74) is 0.871. The Morgan fingerprint density at radius 3 is 2.71 bits per heavy atom. The normalized spacial score (nSPS) is 16.7. The number of carbonyl (C=O) groups is 1. The van der Waals surface area contributed by atoms with Crippen molar-refractivity contribution in [2.75, 3.05) is 14.2 Å². The lowest BCUT2D eigenvalue weighted by molar-refractivity contribution is 0.122. The largest absolute Gasteiger partial charge is 0.513 e. The smallest absolute Gasteiger partial charge is 0.437 e. The van der Waals surface area contributed by atoms with Gasteiger partial charge in [-0.05, 0) is 17.7 Å². The van der Waals surface area contributed by atoms with Gasteiger partial charge >= 0.3 is 6.16 Å². The van der Waals surface area contributed by atoms with Gasteiger partial charge in [0.1, 0.15) is 5.75 Å². The zero-order chi connectivity index (χ0) is 15.2. The third-order valence-electron chi connectivity index (χ3n) is 3.49. The van der Waals surface area contributed by atoms with Crippen LogP contribution in [0.1, 0.15) is 5.56 Å². The van der Waals surface area contributed by atoms with Crippen molar-refractivity contribution in [2.45, 2.75) is 11.4 Å². The average Bonchev–Trinajstić information content (AvgIpc) is 2.46. The van der Waals surface area contributed by atoms with Crippen LogP contribution in [0.2, 0.25) is 0 Å². The lowest BCUT2D eigenvalue weighted by Gasteiger charge is -2.25. The van der Waals surface area contributed by atoms with Crippen molar-refractivity contribution in [1.82, 2.24) is 4.31 Å². The minimum atomic E-state index is -3.52. The third kappa shape index (κ3) is 2.05. The lowest BCUT2D eigenvalue weighted by atomic mass is 10.0. The zero-order valence-corrected chi connectivity index (χ0v) is 12.3. The van der Waals surface area contributed by atoms with Crippen LogP contribution in [0.3, 0.4) is 0 Å². The molecule has 0 atom stereocenters. The molecular weight excluding hydrogens is 294 g/mol. The van der Waals surface area contributed by atoms with E-state index in [0.29, 0.717) is 10.8 Å². The molecule has 0 aromatic heterocycles. The molecule has 0 bridgehead atoms. The van der Waals surface area contributed by atoms with Gasteiger partial charge in [-0.2, -0.15) is 4.31 Å². The van der Waals surface area contributed by atoms with Gasteiger partial charge in [-0.25, -0.2) is 13.2 Å². The molecule has 0 spiro atoms. The van der Waals surface area contributed by atoms with Crippen LogP contribution in [0, 0.1) is 0 Å². The Balaban J connectivity index is 2.30. The SMILES string of the molecule is COC(=O)Oc1ccc2c3c(cccc13)CN(C)S2(=O)=O. The summed E-state index contributed by atoms with van der Waals surface area (Å²) >= 11 is 0. The highest BCUT2D eigenvalue weighted by Gasteiger charge is 2.30. The first-order valence-electron chi connectivity index (χ1n) is 6.22. The van der Waals surface area contributed by atoms with E-state index < -0.39 is 16.2 Å². The Kier molecular flexibility index (Phi) is 3.11. The van der Waals surface area contributed by atoms with E-state index in [4.69, 9.17) is 4.74 Å². The summed E-state index contributed by atoms with van der Waals surface area (Å²) in [6.45, 7) is 0.286. The maximum absolute atomic E-state index is 12.4. The van der Waals surface area contributed by atoms with Crippen molar-refractivity contribution in [2.24, 2.45) is 0 Å². The summed E-state index contributed by atoms with van der Waals surface area (Å²) in [7, 11) is -0.763. The Bertz CT molecular complexity index is 844. The van der Waals surface area contributed by atoms with Crippen molar-refractivity contribution in [3.63, 3.8) is 0 Å². The first-order valence-corrected chi connectivity index (χ1v) is 7.66. The van der Waals surface area contributed by atoms with E-state index in [9.17, 15) is 13.2 Å². The van der Waals surface area contributed by atoms with Crippen molar-refractivity contribution in [1.29, 1.82) is 0 Å². The molecule has 1 heterocycles. The van der Waals surface area contributed by atoms with Gasteiger partial charge in [-0.3, -0.25) is 0 Å². The van der Waals surface area contributed by atoms with E-state index in [1.807, 2.05) is 6.07 Å². The Morgan fingerprint density at radius 1 is 1.24 bits per heavy atom. The predicted molar refractivity (Wildman–Crippen MR) is 75.6 cm³/mol. The Labute approximate surface area is 121 Å². The van der Waals surface area contributed by atoms with Crippen LogP contribution in [-0.4, -0.2) is 33.0 Å². The van der Waals surface area contributed by atoms with Crippen LogP contribution in [0.15, 0.2) is 35.2 Å². The standard InChI is InChI=1S/C14H13NO5S/c1-15-8-9-4-3-5-10-11(20-14(16)19-2)6-7-12(13(9)10)21(15,17)18/h3-7H,8H2,1-2H3. The molecule has 1 aliphatic rings. The number of carbonyl (C=O) groups excluding carboxylic acids is 1. The summed E-state index contributed by atoms with van der Waals surface area (Å²) in [5, 5.41) is 1.17. The predicted octanol–water partition coefficient (Wildman–Crippen LogP) is 2.12. The number of sulfonamides is 1. The molecule has 2 aromatic carbocycles. The Hall–Kier alpha value is -2.12. The van der Waals surface area contributed by atoms with Crippen LogP contribution in [0.5, 0.6) is 5.75 Å². The first kappa shape index (κ1) is 13.8. The van der Waals surface area contributed by atoms with Crippen LogP contribution in [0.25, 0.3) is 10.8 Å². The molecule has 6 nitrogen and oxygen atoms in total. The Morgan fingerprint density at radius 2 is 2.00 bits per heavy atom. The van der Waals surface area contributed by atoms with Crippen LogP contribution in [0.4, 0.5) is 4.79 Å². The van der Waals surface area contributed by atoms with Gasteiger partial charge in [-0.15, -0.1) is 0 Å². The summed E-state index contributed by atoms with van der Waals surface area (Å²) in [5.74, 6) is 0.280. The van der Waals surface area contributed by atoms with Gasteiger partial charge in [-0.1, -0.05) is 18.2 Å². The number of rotatable bonds is 1. The van der Waals surface area contributed by atoms with Crippen LogP contribution >= 0.6 is 0 Å². The molecule has 0 fully saturated rings. The summed E-state index contributed by atoms with van der Waals surface area (Å²) in [6.07, 6.45) is -0.841. The average molecular weight is 307 g/mol. The van der Waals surface area contributed by atoms with E-state index in [2.05, 4.69) is 4.74 Å². The van der Waals surface area contributed by atoms with Crippen molar-refractivity contribution >= 4 is 27.0 Å². The van der Waals surface area contributed by atoms with E-state index in [1.165, 1.54) is 30.6 Å². The second-order valence-corrected chi connectivity index (χ2v) is 6.73. The van der Waals surface area contributed by atoms with E-state index in [1.54, 1.807) is 12.1 Å². The quantitative estimate of drug-likeness (QED) is 0.596. The second kappa shape index (κ2) is 4.71. The van der Waals surface area contributed by atoms with Gasteiger partial charge in [0.2, 0.25) is 10.0 Å². The van der Waals surface area contributed by atoms with Crippen molar-refractivity contribution in [3.8, 4) is 5.75 Å².